The Labute approximate surface area is 103 Å². The van der Waals surface area contributed by atoms with Crippen molar-refractivity contribution < 1.29 is 19.4 Å². The SMILES string of the molecule is CC(C)(C)OC(=O)OC1/C=C/CCC(O)CC1. The highest BCUT2D eigenvalue weighted by Gasteiger charge is 2.21. The smallest absolute Gasteiger partial charge is 0.429 e. The molecule has 2 unspecified atom stereocenters. The maximum atomic E-state index is 11.5. The molecular formula is C13H22O4. The van der Waals surface area contributed by atoms with Gasteiger partial charge in [0.05, 0.1) is 6.10 Å². The molecule has 0 radical (unpaired) electrons. The summed E-state index contributed by atoms with van der Waals surface area (Å²) in [5, 5.41) is 9.55. The zero-order valence-electron chi connectivity index (χ0n) is 10.8. The fourth-order valence-electron chi connectivity index (χ4n) is 1.63. The Morgan fingerprint density at radius 3 is 2.65 bits per heavy atom. The molecule has 0 heterocycles. The minimum absolute atomic E-state index is 0.292. The summed E-state index contributed by atoms with van der Waals surface area (Å²) < 4.78 is 10.3. The van der Waals surface area contributed by atoms with E-state index in [4.69, 9.17) is 9.47 Å². The molecule has 0 fully saturated rings. The van der Waals surface area contributed by atoms with Crippen molar-refractivity contribution >= 4 is 6.16 Å². The topological polar surface area (TPSA) is 55.8 Å². The highest BCUT2D eigenvalue weighted by atomic mass is 16.7. The van der Waals surface area contributed by atoms with Crippen molar-refractivity contribution in [2.24, 2.45) is 0 Å². The molecule has 1 aliphatic carbocycles. The van der Waals surface area contributed by atoms with Crippen molar-refractivity contribution in [3.05, 3.63) is 12.2 Å². The van der Waals surface area contributed by atoms with Crippen molar-refractivity contribution in [1.29, 1.82) is 0 Å². The summed E-state index contributed by atoms with van der Waals surface area (Å²) >= 11 is 0. The number of rotatable bonds is 1. The third-order valence-electron chi connectivity index (χ3n) is 2.44. The largest absolute Gasteiger partial charge is 0.509 e. The number of hydrogen-bond donors (Lipinski definition) is 1. The van der Waals surface area contributed by atoms with Gasteiger partial charge in [-0.05, 0) is 52.5 Å². The summed E-state index contributed by atoms with van der Waals surface area (Å²) in [6.07, 6.45) is 5.44. The van der Waals surface area contributed by atoms with E-state index in [9.17, 15) is 9.90 Å². The second kappa shape index (κ2) is 6.05. The van der Waals surface area contributed by atoms with Crippen molar-refractivity contribution in [3.8, 4) is 0 Å². The van der Waals surface area contributed by atoms with Crippen LogP contribution in [0.2, 0.25) is 0 Å². The van der Waals surface area contributed by atoms with E-state index in [1.807, 2.05) is 12.2 Å². The van der Waals surface area contributed by atoms with Crippen LogP contribution in [0.4, 0.5) is 4.79 Å². The Hall–Kier alpha value is -1.03. The number of aliphatic hydroxyl groups is 1. The van der Waals surface area contributed by atoms with Crippen LogP contribution in [-0.4, -0.2) is 29.1 Å². The van der Waals surface area contributed by atoms with Gasteiger partial charge in [0.25, 0.3) is 0 Å². The number of allylic oxidation sites excluding steroid dienone is 1. The van der Waals surface area contributed by atoms with Crippen molar-refractivity contribution in [1.82, 2.24) is 0 Å². The van der Waals surface area contributed by atoms with E-state index < -0.39 is 11.8 Å². The normalized spacial score (nSPS) is 27.8. The van der Waals surface area contributed by atoms with Gasteiger partial charge in [0, 0.05) is 0 Å². The minimum atomic E-state index is -0.651. The van der Waals surface area contributed by atoms with Gasteiger partial charge >= 0.3 is 6.16 Å². The highest BCUT2D eigenvalue weighted by Crippen LogP contribution is 2.17. The van der Waals surface area contributed by atoms with Crippen LogP contribution in [0.25, 0.3) is 0 Å². The van der Waals surface area contributed by atoms with Gasteiger partial charge in [-0.15, -0.1) is 0 Å². The Morgan fingerprint density at radius 2 is 2.00 bits per heavy atom. The van der Waals surface area contributed by atoms with Crippen LogP contribution in [-0.2, 0) is 9.47 Å². The lowest BCUT2D eigenvalue weighted by Gasteiger charge is -2.22. The predicted molar refractivity (Wildman–Crippen MR) is 64.7 cm³/mol. The first-order chi connectivity index (χ1) is 7.87. The monoisotopic (exact) mass is 242 g/mol. The second-order valence-electron chi connectivity index (χ2n) is 5.36. The van der Waals surface area contributed by atoms with E-state index in [-0.39, 0.29) is 12.2 Å². The Kier molecular flexibility index (Phi) is 5.00. The first kappa shape index (κ1) is 14.0. The maximum Gasteiger partial charge on any atom is 0.509 e. The number of carbonyl (C=O) groups excluding carboxylic acids is 1. The summed E-state index contributed by atoms with van der Waals surface area (Å²) in [5.74, 6) is 0. The molecule has 0 aromatic heterocycles. The average molecular weight is 242 g/mol. The third kappa shape index (κ3) is 6.31. The van der Waals surface area contributed by atoms with Crippen LogP contribution < -0.4 is 0 Å². The van der Waals surface area contributed by atoms with E-state index in [0.717, 1.165) is 12.8 Å². The number of aliphatic hydroxyl groups excluding tert-OH is 1. The molecule has 1 aliphatic rings. The van der Waals surface area contributed by atoms with E-state index in [1.54, 1.807) is 20.8 Å². The van der Waals surface area contributed by atoms with E-state index >= 15 is 0 Å². The van der Waals surface area contributed by atoms with Crippen molar-refractivity contribution in [3.63, 3.8) is 0 Å². The van der Waals surface area contributed by atoms with Gasteiger partial charge in [-0.1, -0.05) is 6.08 Å². The lowest BCUT2D eigenvalue weighted by Crippen LogP contribution is -2.28. The number of hydrogen-bond acceptors (Lipinski definition) is 4. The number of carbonyl (C=O) groups is 1. The van der Waals surface area contributed by atoms with Gasteiger partial charge in [0.15, 0.2) is 0 Å². The first-order valence-corrected chi connectivity index (χ1v) is 6.11. The molecule has 2 atom stereocenters. The van der Waals surface area contributed by atoms with Gasteiger partial charge in [0.2, 0.25) is 0 Å². The molecule has 0 aromatic rings. The van der Waals surface area contributed by atoms with E-state index in [1.165, 1.54) is 0 Å². The molecule has 0 aromatic carbocycles. The van der Waals surface area contributed by atoms with Gasteiger partial charge < -0.3 is 14.6 Å². The Morgan fingerprint density at radius 1 is 1.29 bits per heavy atom. The van der Waals surface area contributed by atoms with E-state index in [2.05, 4.69) is 0 Å². The first-order valence-electron chi connectivity index (χ1n) is 6.11. The molecule has 1 rings (SSSR count). The Bertz CT molecular complexity index is 278. The predicted octanol–water partition coefficient (Wildman–Crippen LogP) is 2.80. The van der Waals surface area contributed by atoms with Crippen molar-refractivity contribution in [2.45, 2.75) is 64.3 Å². The zero-order valence-corrected chi connectivity index (χ0v) is 10.8. The molecule has 0 aliphatic heterocycles. The molecule has 0 saturated carbocycles. The summed E-state index contributed by atoms with van der Waals surface area (Å²) in [5.41, 5.74) is -0.540. The molecule has 0 amide bonds. The van der Waals surface area contributed by atoms with Gasteiger partial charge in [-0.3, -0.25) is 0 Å². The molecule has 0 spiro atoms. The molecule has 1 N–H and O–H groups in total. The fraction of sp³-hybridized carbons (Fsp3) is 0.769. The van der Waals surface area contributed by atoms with Gasteiger partial charge in [0.1, 0.15) is 11.7 Å². The summed E-state index contributed by atoms with van der Waals surface area (Å²) in [6.45, 7) is 5.39. The van der Waals surface area contributed by atoms with Crippen molar-refractivity contribution in [2.75, 3.05) is 0 Å². The molecule has 4 nitrogen and oxygen atoms in total. The third-order valence-corrected chi connectivity index (χ3v) is 2.44. The lowest BCUT2D eigenvalue weighted by molar-refractivity contribution is -0.0220. The molecule has 98 valence electrons. The molecule has 17 heavy (non-hydrogen) atoms. The Balaban J connectivity index is 2.44. The molecule has 0 bridgehead atoms. The van der Waals surface area contributed by atoms with Crippen LogP contribution in [0.5, 0.6) is 0 Å². The average Bonchev–Trinajstić information content (AvgIpc) is 2.14. The highest BCUT2D eigenvalue weighted by molar-refractivity contribution is 5.61. The summed E-state index contributed by atoms with van der Waals surface area (Å²) in [7, 11) is 0. The maximum absolute atomic E-state index is 11.5. The van der Waals surface area contributed by atoms with Gasteiger partial charge in [-0.2, -0.15) is 0 Å². The minimum Gasteiger partial charge on any atom is -0.429 e. The molecule has 4 heteroatoms. The zero-order chi connectivity index (χ0) is 12.9. The van der Waals surface area contributed by atoms with E-state index in [0.29, 0.717) is 12.8 Å². The second-order valence-corrected chi connectivity index (χ2v) is 5.36. The summed E-state index contributed by atoms with van der Waals surface area (Å²) in [6, 6.07) is 0. The fourth-order valence-corrected chi connectivity index (χ4v) is 1.63. The van der Waals surface area contributed by atoms with Crippen LogP contribution >= 0.6 is 0 Å². The van der Waals surface area contributed by atoms with Crippen LogP contribution in [0, 0.1) is 0 Å². The number of ether oxygens (including phenoxy) is 2. The van der Waals surface area contributed by atoms with Crippen LogP contribution in [0.3, 0.4) is 0 Å². The van der Waals surface area contributed by atoms with Gasteiger partial charge in [-0.25, -0.2) is 4.79 Å². The standard InChI is InChI=1S/C13H22O4/c1-13(2,3)17-12(15)16-11-7-5-4-6-10(14)8-9-11/h5,7,10-11,14H,4,6,8-9H2,1-3H3/b7-5+. The molecular weight excluding hydrogens is 220 g/mol. The lowest BCUT2D eigenvalue weighted by atomic mass is 10.0. The van der Waals surface area contributed by atoms with Crippen LogP contribution in [0.15, 0.2) is 12.2 Å². The molecule has 0 saturated heterocycles. The quantitative estimate of drug-likeness (QED) is 0.567. The van der Waals surface area contributed by atoms with Crippen LogP contribution in [0.1, 0.15) is 46.5 Å². The summed E-state index contributed by atoms with van der Waals surface area (Å²) in [4.78, 5) is 11.5.